The van der Waals surface area contributed by atoms with Crippen molar-refractivity contribution in [2.45, 2.75) is 39.0 Å². The molecule has 0 saturated carbocycles. The fraction of sp³-hybridized carbons (Fsp3) is 0.421. The predicted molar refractivity (Wildman–Crippen MR) is 99.0 cm³/mol. The van der Waals surface area contributed by atoms with Gasteiger partial charge in [-0.2, -0.15) is 16.4 Å². The molecule has 0 spiro atoms. The van der Waals surface area contributed by atoms with Crippen LogP contribution in [0.3, 0.4) is 0 Å². The van der Waals surface area contributed by atoms with Crippen molar-refractivity contribution >= 4 is 22.9 Å². The number of aryl methyl sites for hydroxylation is 2. The second-order valence-corrected chi connectivity index (χ2v) is 7.62. The topological polar surface area (TPSA) is 50.5 Å². The molecule has 3 aromatic rings. The molecule has 0 bridgehead atoms. The van der Waals surface area contributed by atoms with Crippen LogP contribution in [0.15, 0.2) is 29.0 Å². The molecule has 25 heavy (non-hydrogen) atoms. The summed E-state index contributed by atoms with van der Waals surface area (Å²) in [6.07, 6.45) is 2.48. The van der Waals surface area contributed by atoms with Crippen LogP contribution in [0.1, 0.15) is 41.4 Å². The summed E-state index contributed by atoms with van der Waals surface area (Å²) in [6, 6.07) is 6.20. The highest BCUT2D eigenvalue weighted by Crippen LogP contribution is 2.28. The molecule has 6 heteroatoms. The molecule has 1 amide bonds. The zero-order valence-electron chi connectivity index (χ0n) is 14.6. The van der Waals surface area contributed by atoms with E-state index in [4.69, 9.17) is 4.98 Å². The number of piperidine rings is 1. The smallest absolute Gasteiger partial charge is 0.227 e. The summed E-state index contributed by atoms with van der Waals surface area (Å²) in [7, 11) is 0. The van der Waals surface area contributed by atoms with E-state index >= 15 is 0 Å². The second-order valence-electron chi connectivity index (χ2n) is 6.84. The Morgan fingerprint density at radius 3 is 2.80 bits per heavy atom. The first-order chi connectivity index (χ1) is 12.1. The van der Waals surface area contributed by atoms with E-state index in [1.54, 1.807) is 11.3 Å². The lowest BCUT2D eigenvalue weighted by Crippen LogP contribution is -2.38. The highest BCUT2D eigenvalue weighted by Gasteiger charge is 2.25. The van der Waals surface area contributed by atoms with Gasteiger partial charge >= 0.3 is 0 Å². The van der Waals surface area contributed by atoms with E-state index in [0.29, 0.717) is 12.3 Å². The second kappa shape index (κ2) is 6.59. The molecule has 0 unspecified atom stereocenters. The van der Waals surface area contributed by atoms with E-state index < -0.39 is 0 Å². The number of thiophene rings is 1. The van der Waals surface area contributed by atoms with Gasteiger partial charge in [0.15, 0.2) is 5.65 Å². The van der Waals surface area contributed by atoms with Crippen LogP contribution in [0.5, 0.6) is 0 Å². The maximum absolute atomic E-state index is 12.4. The Labute approximate surface area is 151 Å². The zero-order valence-corrected chi connectivity index (χ0v) is 15.4. The van der Waals surface area contributed by atoms with Crippen molar-refractivity contribution in [2.75, 3.05) is 13.1 Å². The minimum Gasteiger partial charge on any atom is -0.342 e. The minimum absolute atomic E-state index is 0.239. The molecule has 5 nitrogen and oxygen atoms in total. The van der Waals surface area contributed by atoms with Crippen LogP contribution in [0, 0.1) is 13.8 Å². The molecule has 0 aliphatic carbocycles. The fourth-order valence-corrected chi connectivity index (χ4v) is 4.25. The molecule has 1 fully saturated rings. The van der Waals surface area contributed by atoms with Crippen LogP contribution in [-0.4, -0.2) is 38.5 Å². The molecular formula is C19H22N4OS. The lowest BCUT2D eigenvalue weighted by atomic mass is 9.92. The summed E-state index contributed by atoms with van der Waals surface area (Å²) in [6.45, 7) is 5.70. The van der Waals surface area contributed by atoms with Gasteiger partial charge in [-0.1, -0.05) is 0 Å². The Balaban J connectivity index is 1.44. The van der Waals surface area contributed by atoms with Crippen LogP contribution in [-0.2, 0) is 11.2 Å². The van der Waals surface area contributed by atoms with Crippen LogP contribution in [0.4, 0.5) is 0 Å². The number of rotatable bonds is 3. The Bertz CT molecular complexity index is 892. The Morgan fingerprint density at radius 1 is 1.28 bits per heavy atom. The van der Waals surface area contributed by atoms with Gasteiger partial charge in [-0.05, 0) is 55.1 Å². The summed E-state index contributed by atoms with van der Waals surface area (Å²) in [5, 5.41) is 8.55. The van der Waals surface area contributed by atoms with E-state index in [9.17, 15) is 4.79 Å². The van der Waals surface area contributed by atoms with E-state index in [1.807, 2.05) is 33.9 Å². The number of likely N-dealkylation sites (tertiary alicyclic amines) is 1. The minimum atomic E-state index is 0.239. The normalized spacial score (nSPS) is 15.8. The van der Waals surface area contributed by atoms with Crippen LogP contribution < -0.4 is 0 Å². The molecule has 1 saturated heterocycles. The van der Waals surface area contributed by atoms with Crippen molar-refractivity contribution in [3.8, 4) is 0 Å². The quantitative estimate of drug-likeness (QED) is 0.725. The molecule has 0 atom stereocenters. The van der Waals surface area contributed by atoms with Gasteiger partial charge in [0.2, 0.25) is 5.91 Å². The van der Waals surface area contributed by atoms with Gasteiger partial charge in [-0.15, -0.1) is 0 Å². The molecule has 1 aliphatic rings. The third-order valence-electron chi connectivity index (χ3n) is 4.95. The SMILES string of the molecule is Cc1cc2nc(C3CCN(C(=O)Cc4ccsc4)CC3)cc(C)n2n1. The van der Waals surface area contributed by atoms with Gasteiger partial charge < -0.3 is 4.90 Å². The molecular weight excluding hydrogens is 332 g/mol. The number of aromatic nitrogens is 3. The molecule has 0 radical (unpaired) electrons. The standard InChI is InChI=1S/C19H22N4OS/c1-13-9-18-20-17(10-14(2)23(18)21-13)16-3-6-22(7-4-16)19(24)11-15-5-8-25-12-15/h5,8-10,12,16H,3-4,6-7,11H2,1-2H3. The average molecular weight is 354 g/mol. The van der Waals surface area contributed by atoms with Crippen LogP contribution >= 0.6 is 11.3 Å². The van der Waals surface area contributed by atoms with Crippen molar-refractivity contribution < 1.29 is 4.79 Å². The Hall–Kier alpha value is -2.21. The lowest BCUT2D eigenvalue weighted by Gasteiger charge is -2.32. The first-order valence-corrected chi connectivity index (χ1v) is 9.67. The summed E-state index contributed by atoms with van der Waals surface area (Å²) in [5.74, 6) is 0.659. The van der Waals surface area contributed by atoms with Crippen molar-refractivity contribution in [3.05, 3.63) is 51.6 Å². The van der Waals surface area contributed by atoms with Crippen molar-refractivity contribution in [1.82, 2.24) is 19.5 Å². The van der Waals surface area contributed by atoms with Gasteiger partial charge in [-0.3, -0.25) is 4.79 Å². The summed E-state index contributed by atoms with van der Waals surface area (Å²) >= 11 is 1.64. The third kappa shape index (κ3) is 3.31. The third-order valence-corrected chi connectivity index (χ3v) is 5.68. The van der Waals surface area contributed by atoms with E-state index in [2.05, 4.69) is 23.5 Å². The zero-order chi connectivity index (χ0) is 17.4. The van der Waals surface area contributed by atoms with E-state index in [1.165, 1.54) is 0 Å². The molecule has 1 aliphatic heterocycles. The summed E-state index contributed by atoms with van der Waals surface area (Å²) in [5.41, 5.74) is 5.28. The molecule has 0 aromatic carbocycles. The number of nitrogens with zero attached hydrogens (tertiary/aromatic N) is 4. The van der Waals surface area contributed by atoms with Crippen molar-refractivity contribution in [1.29, 1.82) is 0 Å². The van der Waals surface area contributed by atoms with Crippen LogP contribution in [0.2, 0.25) is 0 Å². The van der Waals surface area contributed by atoms with Gasteiger partial charge in [-0.25, -0.2) is 9.50 Å². The van der Waals surface area contributed by atoms with Gasteiger partial charge in [0.05, 0.1) is 12.1 Å². The number of amides is 1. The number of fused-ring (bicyclic) bond motifs is 1. The van der Waals surface area contributed by atoms with E-state index in [-0.39, 0.29) is 5.91 Å². The maximum atomic E-state index is 12.4. The lowest BCUT2D eigenvalue weighted by molar-refractivity contribution is -0.131. The number of carbonyl (C=O) groups excluding carboxylic acids is 1. The monoisotopic (exact) mass is 354 g/mol. The fourth-order valence-electron chi connectivity index (χ4n) is 3.58. The Morgan fingerprint density at radius 2 is 2.08 bits per heavy atom. The predicted octanol–water partition coefficient (Wildman–Crippen LogP) is 3.36. The first-order valence-electron chi connectivity index (χ1n) is 8.73. The maximum Gasteiger partial charge on any atom is 0.227 e. The molecule has 4 rings (SSSR count). The Kier molecular flexibility index (Phi) is 4.29. The molecule has 3 aromatic heterocycles. The van der Waals surface area contributed by atoms with Crippen LogP contribution in [0.25, 0.3) is 5.65 Å². The number of carbonyl (C=O) groups is 1. The number of hydrogen-bond acceptors (Lipinski definition) is 4. The molecule has 4 heterocycles. The van der Waals surface area contributed by atoms with Gasteiger partial charge in [0.1, 0.15) is 0 Å². The van der Waals surface area contributed by atoms with Crippen molar-refractivity contribution in [2.24, 2.45) is 0 Å². The summed E-state index contributed by atoms with van der Waals surface area (Å²) < 4.78 is 1.90. The molecule has 130 valence electrons. The number of hydrogen-bond donors (Lipinski definition) is 0. The van der Waals surface area contributed by atoms with Crippen molar-refractivity contribution in [3.63, 3.8) is 0 Å². The highest BCUT2D eigenvalue weighted by molar-refractivity contribution is 7.08. The largest absolute Gasteiger partial charge is 0.342 e. The van der Waals surface area contributed by atoms with Gasteiger partial charge in [0.25, 0.3) is 0 Å². The summed E-state index contributed by atoms with van der Waals surface area (Å²) in [4.78, 5) is 19.3. The first kappa shape index (κ1) is 16.3. The van der Waals surface area contributed by atoms with Gasteiger partial charge in [0, 0.05) is 36.5 Å². The van der Waals surface area contributed by atoms with E-state index in [0.717, 1.165) is 54.2 Å². The average Bonchev–Trinajstić information content (AvgIpc) is 3.24. The molecule has 0 N–H and O–H groups in total. The highest BCUT2D eigenvalue weighted by atomic mass is 32.1.